The lowest BCUT2D eigenvalue weighted by atomic mass is 10.1. The van der Waals surface area contributed by atoms with Gasteiger partial charge in [0.1, 0.15) is 6.23 Å². The number of hydrogen-bond donors (Lipinski definition) is 3. The molecule has 1 aliphatic rings. The Morgan fingerprint density at radius 3 is 2.85 bits per heavy atom. The van der Waals surface area contributed by atoms with E-state index in [0.717, 1.165) is 17.4 Å². The lowest BCUT2D eigenvalue weighted by molar-refractivity contribution is -0.0192. The number of nitrogens with one attached hydrogen (secondary N) is 2. The number of H-pyrrole nitrogens is 1. The third kappa shape index (κ3) is 4.76. The zero-order valence-electron chi connectivity index (χ0n) is 15.2. The van der Waals surface area contributed by atoms with Crippen LogP contribution >= 0.6 is 15.9 Å². The first-order valence-electron chi connectivity index (χ1n) is 9.11. The van der Waals surface area contributed by atoms with Crippen molar-refractivity contribution >= 4 is 15.9 Å². The highest BCUT2D eigenvalue weighted by atomic mass is 79.9. The molecule has 7 nitrogen and oxygen atoms in total. The first-order valence-corrected chi connectivity index (χ1v) is 9.91. The summed E-state index contributed by atoms with van der Waals surface area (Å²) in [6.07, 6.45) is 1.56. The molecule has 1 aliphatic heterocycles. The Morgan fingerprint density at radius 2 is 2.11 bits per heavy atom. The number of aliphatic hydroxyl groups is 1. The van der Waals surface area contributed by atoms with Crippen LogP contribution in [-0.2, 0) is 17.6 Å². The standard InChI is InChI=1S/C19H24BrN3O4/c1-2-12-11-23(19(26)22-18(12)25)17-9-15(24)16(27-17)10-21-8-7-13-5-3-4-6-14(13)20/h3-6,11,15-17,21,24H,2,7-10H2,1H3,(H,22,25,26)/t15?,16-,17-/m0/s1. The number of ether oxygens (including phenoxy) is 1. The van der Waals surface area contributed by atoms with Crippen molar-refractivity contribution in [1.29, 1.82) is 0 Å². The molecule has 2 heterocycles. The summed E-state index contributed by atoms with van der Waals surface area (Å²) in [5, 5.41) is 13.6. The lowest BCUT2D eigenvalue weighted by Crippen LogP contribution is -2.36. The van der Waals surface area contributed by atoms with Crippen LogP contribution in [0.4, 0.5) is 0 Å². The molecule has 0 bridgehead atoms. The Labute approximate surface area is 165 Å². The molecular weight excluding hydrogens is 414 g/mol. The summed E-state index contributed by atoms with van der Waals surface area (Å²) in [6.45, 7) is 3.08. The van der Waals surface area contributed by atoms with Crippen molar-refractivity contribution in [1.82, 2.24) is 14.9 Å². The van der Waals surface area contributed by atoms with Crippen molar-refractivity contribution in [3.63, 3.8) is 0 Å². The fraction of sp³-hybridized carbons (Fsp3) is 0.474. The molecule has 27 heavy (non-hydrogen) atoms. The summed E-state index contributed by atoms with van der Waals surface area (Å²) in [7, 11) is 0. The van der Waals surface area contributed by atoms with E-state index in [1.807, 2.05) is 25.1 Å². The monoisotopic (exact) mass is 437 g/mol. The van der Waals surface area contributed by atoms with Gasteiger partial charge < -0.3 is 15.2 Å². The summed E-state index contributed by atoms with van der Waals surface area (Å²) in [5.74, 6) is 0. The molecule has 0 amide bonds. The predicted octanol–water partition coefficient (Wildman–Crippen LogP) is 1.34. The van der Waals surface area contributed by atoms with E-state index in [1.54, 1.807) is 0 Å². The van der Waals surface area contributed by atoms with Gasteiger partial charge in [-0.3, -0.25) is 14.3 Å². The summed E-state index contributed by atoms with van der Waals surface area (Å²) in [5.41, 5.74) is 0.838. The van der Waals surface area contributed by atoms with Gasteiger partial charge in [0.15, 0.2) is 0 Å². The normalized spacial score (nSPS) is 22.3. The fourth-order valence-corrected chi connectivity index (χ4v) is 3.71. The lowest BCUT2D eigenvalue weighted by Gasteiger charge is -2.17. The van der Waals surface area contributed by atoms with Crippen LogP contribution in [0.3, 0.4) is 0 Å². The highest BCUT2D eigenvalue weighted by Crippen LogP contribution is 2.27. The Kier molecular flexibility index (Phi) is 6.64. The molecule has 3 N–H and O–H groups in total. The highest BCUT2D eigenvalue weighted by molar-refractivity contribution is 9.10. The van der Waals surface area contributed by atoms with Crippen molar-refractivity contribution in [2.24, 2.45) is 0 Å². The molecule has 3 atom stereocenters. The van der Waals surface area contributed by atoms with Gasteiger partial charge in [0, 0.05) is 29.2 Å². The molecule has 1 aromatic heterocycles. The first kappa shape index (κ1) is 20.0. The highest BCUT2D eigenvalue weighted by Gasteiger charge is 2.35. The molecule has 146 valence electrons. The zero-order chi connectivity index (χ0) is 19.4. The minimum Gasteiger partial charge on any atom is -0.390 e. The van der Waals surface area contributed by atoms with Crippen molar-refractivity contribution in [2.45, 2.75) is 44.6 Å². The summed E-state index contributed by atoms with van der Waals surface area (Å²) in [4.78, 5) is 26.1. The fourth-order valence-electron chi connectivity index (χ4n) is 3.23. The average Bonchev–Trinajstić information content (AvgIpc) is 3.01. The number of nitrogens with zero attached hydrogens (tertiary/aromatic N) is 1. The van der Waals surface area contributed by atoms with E-state index in [9.17, 15) is 14.7 Å². The van der Waals surface area contributed by atoms with E-state index in [-0.39, 0.29) is 5.56 Å². The number of aliphatic hydroxyl groups excluding tert-OH is 1. The smallest absolute Gasteiger partial charge is 0.330 e. The third-order valence-corrected chi connectivity index (χ3v) is 5.58. The zero-order valence-corrected chi connectivity index (χ0v) is 16.7. The summed E-state index contributed by atoms with van der Waals surface area (Å²) < 4.78 is 8.32. The Hall–Kier alpha value is -1.74. The molecule has 1 saturated heterocycles. The molecule has 2 aromatic rings. The summed E-state index contributed by atoms with van der Waals surface area (Å²) in [6, 6.07) is 8.06. The molecule has 1 aromatic carbocycles. The topological polar surface area (TPSA) is 96.3 Å². The maximum atomic E-state index is 12.1. The van der Waals surface area contributed by atoms with Crippen LogP contribution in [0.15, 0.2) is 44.5 Å². The van der Waals surface area contributed by atoms with Gasteiger partial charge in [-0.1, -0.05) is 41.1 Å². The van der Waals surface area contributed by atoms with Crippen LogP contribution in [0.5, 0.6) is 0 Å². The number of aromatic nitrogens is 2. The van der Waals surface area contributed by atoms with Crippen LogP contribution in [0.1, 0.15) is 30.7 Å². The number of hydrogen-bond acceptors (Lipinski definition) is 5. The van der Waals surface area contributed by atoms with Gasteiger partial charge in [-0.05, 0) is 31.0 Å². The van der Waals surface area contributed by atoms with E-state index in [1.165, 1.54) is 16.3 Å². The van der Waals surface area contributed by atoms with Crippen LogP contribution < -0.4 is 16.6 Å². The minimum atomic E-state index is -0.671. The van der Waals surface area contributed by atoms with Crippen molar-refractivity contribution in [3.05, 3.63) is 66.9 Å². The minimum absolute atomic E-state index is 0.311. The van der Waals surface area contributed by atoms with E-state index < -0.39 is 24.1 Å². The molecule has 1 fully saturated rings. The van der Waals surface area contributed by atoms with Crippen molar-refractivity contribution < 1.29 is 9.84 Å². The largest absolute Gasteiger partial charge is 0.390 e. The number of benzene rings is 1. The molecule has 8 heteroatoms. The quantitative estimate of drug-likeness (QED) is 0.568. The second-order valence-corrected chi connectivity index (χ2v) is 7.51. The molecule has 0 spiro atoms. The second kappa shape index (κ2) is 8.97. The van der Waals surface area contributed by atoms with Crippen LogP contribution in [0.25, 0.3) is 0 Å². The molecule has 0 radical (unpaired) electrons. The van der Waals surface area contributed by atoms with Crippen LogP contribution in [0.2, 0.25) is 0 Å². The third-order valence-electron chi connectivity index (χ3n) is 4.81. The van der Waals surface area contributed by atoms with E-state index >= 15 is 0 Å². The maximum absolute atomic E-state index is 12.1. The number of halogens is 1. The van der Waals surface area contributed by atoms with Gasteiger partial charge in [-0.25, -0.2) is 4.79 Å². The Bertz CT molecular complexity index is 895. The van der Waals surface area contributed by atoms with Crippen molar-refractivity contribution in [2.75, 3.05) is 13.1 Å². The van der Waals surface area contributed by atoms with Gasteiger partial charge in [0.25, 0.3) is 5.56 Å². The molecule has 0 saturated carbocycles. The number of rotatable bonds is 7. The Balaban J connectivity index is 1.56. The van der Waals surface area contributed by atoms with Crippen molar-refractivity contribution in [3.8, 4) is 0 Å². The van der Waals surface area contributed by atoms with E-state index in [0.29, 0.717) is 24.9 Å². The van der Waals surface area contributed by atoms with E-state index in [2.05, 4.69) is 32.3 Å². The molecule has 0 aliphatic carbocycles. The molecule has 3 rings (SSSR count). The average molecular weight is 438 g/mol. The molecule has 1 unspecified atom stereocenters. The number of aromatic amines is 1. The van der Waals surface area contributed by atoms with Gasteiger partial charge in [-0.15, -0.1) is 0 Å². The first-order chi connectivity index (χ1) is 13.0. The second-order valence-electron chi connectivity index (χ2n) is 6.65. The number of aryl methyl sites for hydroxylation is 1. The maximum Gasteiger partial charge on any atom is 0.330 e. The summed E-state index contributed by atoms with van der Waals surface area (Å²) >= 11 is 3.53. The van der Waals surface area contributed by atoms with Crippen LogP contribution in [-0.4, -0.2) is 40.0 Å². The van der Waals surface area contributed by atoms with Gasteiger partial charge in [0.2, 0.25) is 0 Å². The van der Waals surface area contributed by atoms with Gasteiger partial charge in [0.05, 0.1) is 12.2 Å². The van der Waals surface area contributed by atoms with Crippen LogP contribution in [0, 0.1) is 0 Å². The van der Waals surface area contributed by atoms with Gasteiger partial charge in [-0.2, -0.15) is 0 Å². The molecular formula is C19H24BrN3O4. The Morgan fingerprint density at radius 1 is 1.33 bits per heavy atom. The SMILES string of the molecule is CCc1cn([C@@H]2CC(O)[C@H](CNCCc3ccccc3Br)O2)c(=O)[nH]c1=O. The van der Waals surface area contributed by atoms with E-state index in [4.69, 9.17) is 4.74 Å². The van der Waals surface area contributed by atoms with Gasteiger partial charge >= 0.3 is 5.69 Å². The predicted molar refractivity (Wildman–Crippen MR) is 106 cm³/mol.